The SMILES string of the molecule is CC(=O)N(C)C(CO)c1ccc(C)c(C)c1. The fourth-order valence-electron chi connectivity index (χ4n) is 1.64. The highest BCUT2D eigenvalue weighted by atomic mass is 16.3. The van der Waals surface area contributed by atoms with Crippen molar-refractivity contribution in [2.45, 2.75) is 26.8 Å². The molecule has 0 radical (unpaired) electrons. The van der Waals surface area contributed by atoms with Crippen LogP contribution in [0, 0.1) is 13.8 Å². The van der Waals surface area contributed by atoms with Gasteiger partial charge < -0.3 is 10.0 Å². The van der Waals surface area contributed by atoms with Gasteiger partial charge in [-0.25, -0.2) is 0 Å². The Hall–Kier alpha value is -1.35. The van der Waals surface area contributed by atoms with Crippen LogP contribution in [-0.4, -0.2) is 29.6 Å². The smallest absolute Gasteiger partial charge is 0.219 e. The lowest BCUT2D eigenvalue weighted by atomic mass is 10.0. The summed E-state index contributed by atoms with van der Waals surface area (Å²) in [6.45, 7) is 5.52. The topological polar surface area (TPSA) is 40.5 Å². The Balaban J connectivity index is 3.04. The lowest BCUT2D eigenvalue weighted by Crippen LogP contribution is -2.31. The molecule has 0 fully saturated rings. The lowest BCUT2D eigenvalue weighted by molar-refractivity contribution is -0.130. The maximum Gasteiger partial charge on any atom is 0.219 e. The number of carbonyl (C=O) groups excluding carboxylic acids is 1. The van der Waals surface area contributed by atoms with E-state index in [9.17, 15) is 9.90 Å². The van der Waals surface area contributed by atoms with Crippen molar-refractivity contribution in [1.82, 2.24) is 4.90 Å². The largest absolute Gasteiger partial charge is 0.394 e. The summed E-state index contributed by atoms with van der Waals surface area (Å²) in [7, 11) is 1.71. The maximum absolute atomic E-state index is 11.3. The molecule has 0 aliphatic rings. The van der Waals surface area contributed by atoms with Crippen LogP contribution in [0.15, 0.2) is 18.2 Å². The summed E-state index contributed by atoms with van der Waals surface area (Å²) in [5.74, 6) is -0.0442. The number of likely N-dealkylation sites (N-methyl/N-ethyl adjacent to an activating group) is 1. The second-order valence-electron chi connectivity index (χ2n) is 4.17. The molecule has 1 N–H and O–H groups in total. The van der Waals surface area contributed by atoms with E-state index in [4.69, 9.17) is 0 Å². The van der Waals surface area contributed by atoms with Crippen molar-refractivity contribution >= 4 is 5.91 Å². The minimum absolute atomic E-state index is 0.0442. The lowest BCUT2D eigenvalue weighted by Gasteiger charge is -2.26. The van der Waals surface area contributed by atoms with E-state index in [0.717, 1.165) is 5.56 Å². The van der Waals surface area contributed by atoms with E-state index in [-0.39, 0.29) is 18.6 Å². The number of hydrogen-bond acceptors (Lipinski definition) is 2. The number of aryl methyl sites for hydroxylation is 2. The van der Waals surface area contributed by atoms with Gasteiger partial charge in [-0.15, -0.1) is 0 Å². The summed E-state index contributed by atoms with van der Waals surface area (Å²) in [6, 6.07) is 5.75. The molecule has 1 atom stereocenters. The van der Waals surface area contributed by atoms with Crippen LogP contribution in [0.5, 0.6) is 0 Å². The molecule has 16 heavy (non-hydrogen) atoms. The van der Waals surface area contributed by atoms with Crippen molar-refractivity contribution < 1.29 is 9.90 Å². The van der Waals surface area contributed by atoms with Crippen molar-refractivity contribution in [2.75, 3.05) is 13.7 Å². The summed E-state index contributed by atoms with van der Waals surface area (Å²) < 4.78 is 0. The van der Waals surface area contributed by atoms with Crippen LogP contribution < -0.4 is 0 Å². The maximum atomic E-state index is 11.3. The predicted molar refractivity (Wildman–Crippen MR) is 64.2 cm³/mol. The first-order chi connectivity index (χ1) is 7.47. The zero-order chi connectivity index (χ0) is 12.3. The summed E-state index contributed by atoms with van der Waals surface area (Å²) in [5.41, 5.74) is 3.36. The molecule has 1 amide bonds. The van der Waals surface area contributed by atoms with Crippen LogP contribution in [0.4, 0.5) is 0 Å². The van der Waals surface area contributed by atoms with Gasteiger partial charge in [0.05, 0.1) is 12.6 Å². The third-order valence-corrected chi connectivity index (χ3v) is 3.05. The summed E-state index contributed by atoms with van der Waals surface area (Å²) in [5, 5.41) is 9.37. The second-order valence-corrected chi connectivity index (χ2v) is 4.17. The Morgan fingerprint density at radius 3 is 2.44 bits per heavy atom. The minimum atomic E-state index is -0.253. The first kappa shape index (κ1) is 12.7. The quantitative estimate of drug-likeness (QED) is 0.845. The van der Waals surface area contributed by atoms with Gasteiger partial charge in [0.25, 0.3) is 0 Å². The fraction of sp³-hybridized carbons (Fsp3) is 0.462. The molecule has 1 aromatic rings. The average molecular weight is 221 g/mol. The molecule has 3 nitrogen and oxygen atoms in total. The van der Waals surface area contributed by atoms with Crippen LogP contribution in [0.3, 0.4) is 0 Å². The molecule has 0 spiro atoms. The van der Waals surface area contributed by atoms with Gasteiger partial charge in [-0.1, -0.05) is 18.2 Å². The molecular weight excluding hydrogens is 202 g/mol. The number of amides is 1. The molecule has 3 heteroatoms. The van der Waals surface area contributed by atoms with Gasteiger partial charge >= 0.3 is 0 Å². The number of carbonyl (C=O) groups is 1. The number of rotatable bonds is 3. The minimum Gasteiger partial charge on any atom is -0.394 e. The van der Waals surface area contributed by atoms with Crippen molar-refractivity contribution in [3.05, 3.63) is 34.9 Å². The summed E-state index contributed by atoms with van der Waals surface area (Å²) >= 11 is 0. The molecular formula is C13H19NO2. The molecule has 0 bridgehead atoms. The highest BCUT2D eigenvalue weighted by Gasteiger charge is 2.18. The molecule has 0 aliphatic heterocycles. The molecule has 1 aromatic carbocycles. The van der Waals surface area contributed by atoms with E-state index in [1.165, 1.54) is 18.1 Å². The molecule has 0 saturated heterocycles. The number of benzene rings is 1. The summed E-state index contributed by atoms with van der Waals surface area (Å²) in [4.78, 5) is 12.8. The average Bonchev–Trinajstić information content (AvgIpc) is 2.24. The van der Waals surface area contributed by atoms with Crippen LogP contribution >= 0.6 is 0 Å². The van der Waals surface area contributed by atoms with Gasteiger partial charge in [0, 0.05) is 14.0 Å². The Morgan fingerprint density at radius 1 is 1.38 bits per heavy atom. The van der Waals surface area contributed by atoms with Gasteiger partial charge in [0.15, 0.2) is 0 Å². The van der Waals surface area contributed by atoms with Crippen molar-refractivity contribution in [1.29, 1.82) is 0 Å². The number of aliphatic hydroxyl groups is 1. The Bertz CT molecular complexity index is 388. The zero-order valence-electron chi connectivity index (χ0n) is 10.3. The van der Waals surface area contributed by atoms with Crippen LogP contribution in [-0.2, 0) is 4.79 Å². The Labute approximate surface area is 96.7 Å². The summed E-state index contributed by atoms with van der Waals surface area (Å²) in [6.07, 6.45) is 0. The molecule has 1 rings (SSSR count). The fourth-order valence-corrected chi connectivity index (χ4v) is 1.64. The van der Waals surface area contributed by atoms with Crippen molar-refractivity contribution in [3.8, 4) is 0 Å². The van der Waals surface area contributed by atoms with Crippen molar-refractivity contribution in [2.24, 2.45) is 0 Å². The zero-order valence-corrected chi connectivity index (χ0v) is 10.3. The predicted octanol–water partition coefficient (Wildman–Crippen LogP) is 1.82. The standard InChI is InChI=1S/C13H19NO2/c1-9-5-6-12(7-10(9)2)13(8-15)14(4)11(3)16/h5-7,13,15H,8H2,1-4H3. The molecule has 1 unspecified atom stereocenters. The number of aliphatic hydroxyl groups excluding tert-OH is 1. The Kier molecular flexibility index (Phi) is 4.07. The van der Waals surface area contributed by atoms with Gasteiger partial charge in [0.1, 0.15) is 0 Å². The van der Waals surface area contributed by atoms with Gasteiger partial charge in [-0.05, 0) is 30.5 Å². The second kappa shape index (κ2) is 5.12. The molecule has 0 aromatic heterocycles. The highest BCUT2D eigenvalue weighted by Crippen LogP contribution is 2.21. The van der Waals surface area contributed by atoms with E-state index in [1.54, 1.807) is 11.9 Å². The highest BCUT2D eigenvalue weighted by molar-refractivity contribution is 5.73. The molecule has 0 aliphatic carbocycles. The monoisotopic (exact) mass is 221 g/mol. The van der Waals surface area contributed by atoms with E-state index in [2.05, 4.69) is 0 Å². The first-order valence-corrected chi connectivity index (χ1v) is 5.38. The van der Waals surface area contributed by atoms with Crippen LogP contribution in [0.1, 0.15) is 29.7 Å². The van der Waals surface area contributed by atoms with E-state index < -0.39 is 0 Å². The number of nitrogens with zero attached hydrogens (tertiary/aromatic N) is 1. The number of hydrogen-bond donors (Lipinski definition) is 1. The van der Waals surface area contributed by atoms with Gasteiger partial charge in [0.2, 0.25) is 5.91 Å². The molecule has 88 valence electrons. The molecule has 0 heterocycles. The van der Waals surface area contributed by atoms with Gasteiger partial charge in [-0.2, -0.15) is 0 Å². The van der Waals surface area contributed by atoms with E-state index >= 15 is 0 Å². The van der Waals surface area contributed by atoms with E-state index in [1.807, 2.05) is 32.0 Å². The first-order valence-electron chi connectivity index (χ1n) is 5.38. The normalized spacial score (nSPS) is 12.3. The van der Waals surface area contributed by atoms with Crippen LogP contribution in [0.25, 0.3) is 0 Å². The van der Waals surface area contributed by atoms with Crippen molar-refractivity contribution in [3.63, 3.8) is 0 Å². The van der Waals surface area contributed by atoms with Gasteiger partial charge in [-0.3, -0.25) is 4.79 Å². The Morgan fingerprint density at radius 2 is 2.00 bits per heavy atom. The third kappa shape index (κ3) is 2.61. The van der Waals surface area contributed by atoms with Crippen LogP contribution in [0.2, 0.25) is 0 Å². The molecule has 0 saturated carbocycles. The third-order valence-electron chi connectivity index (χ3n) is 3.05. The van der Waals surface area contributed by atoms with E-state index in [0.29, 0.717) is 0 Å².